The molecule has 0 aliphatic carbocycles. The molecule has 1 amide bonds. The molecule has 3 rings (SSSR count). The lowest BCUT2D eigenvalue weighted by atomic mass is 10.1. The van der Waals surface area contributed by atoms with Crippen LogP contribution >= 0.6 is 24.0 Å². The van der Waals surface area contributed by atoms with Crippen LogP contribution in [0.5, 0.6) is 0 Å². The van der Waals surface area contributed by atoms with E-state index in [0.29, 0.717) is 18.8 Å². The molecule has 2 aliphatic heterocycles. The number of ether oxygens (including phenoxy) is 3. The summed E-state index contributed by atoms with van der Waals surface area (Å²) in [5.41, 5.74) is 1.76. The van der Waals surface area contributed by atoms with Crippen molar-refractivity contribution in [3.05, 3.63) is 29.8 Å². The highest BCUT2D eigenvalue weighted by molar-refractivity contribution is 14.0. The van der Waals surface area contributed by atoms with Crippen molar-refractivity contribution in [2.75, 3.05) is 45.3 Å². The van der Waals surface area contributed by atoms with Crippen molar-refractivity contribution in [3.8, 4) is 0 Å². The monoisotopic (exact) mass is 518 g/mol. The molecule has 0 spiro atoms. The first-order valence-electron chi connectivity index (χ1n) is 9.90. The van der Waals surface area contributed by atoms with E-state index >= 15 is 0 Å². The van der Waals surface area contributed by atoms with E-state index in [2.05, 4.69) is 27.2 Å². The highest BCUT2D eigenvalue weighted by Crippen LogP contribution is 2.21. The summed E-state index contributed by atoms with van der Waals surface area (Å²) >= 11 is 0. The van der Waals surface area contributed by atoms with Gasteiger partial charge in [0.1, 0.15) is 6.10 Å². The van der Waals surface area contributed by atoms with Gasteiger partial charge < -0.3 is 24.4 Å². The van der Waals surface area contributed by atoms with E-state index < -0.39 is 6.09 Å². The van der Waals surface area contributed by atoms with Gasteiger partial charge in [0.2, 0.25) is 0 Å². The van der Waals surface area contributed by atoms with Gasteiger partial charge in [-0.3, -0.25) is 5.32 Å². The number of hydrogen-bond acceptors (Lipinski definition) is 5. The first-order valence-corrected chi connectivity index (χ1v) is 9.90. The maximum Gasteiger partial charge on any atom is 0.411 e. The second-order valence-electron chi connectivity index (χ2n) is 6.89. The van der Waals surface area contributed by atoms with Gasteiger partial charge in [0.05, 0.1) is 26.4 Å². The second-order valence-corrected chi connectivity index (χ2v) is 6.89. The lowest BCUT2D eigenvalue weighted by Crippen LogP contribution is -2.53. The molecule has 29 heavy (non-hydrogen) atoms. The highest BCUT2D eigenvalue weighted by Gasteiger charge is 2.32. The maximum atomic E-state index is 11.3. The van der Waals surface area contributed by atoms with Crippen LogP contribution in [0.15, 0.2) is 29.3 Å². The molecular weight excluding hydrogens is 487 g/mol. The molecular formula is C20H31IN4O4. The molecule has 2 fully saturated rings. The zero-order valence-corrected chi connectivity index (χ0v) is 19.4. The Bertz CT molecular complexity index is 665. The second kappa shape index (κ2) is 12.2. The van der Waals surface area contributed by atoms with Crippen molar-refractivity contribution in [1.82, 2.24) is 10.2 Å². The topological polar surface area (TPSA) is 84.4 Å². The minimum absolute atomic E-state index is 0. The average Bonchev–Trinajstić information content (AvgIpc) is 3.27. The summed E-state index contributed by atoms with van der Waals surface area (Å²) in [6.45, 7) is 6.56. The molecule has 8 nitrogen and oxygen atoms in total. The van der Waals surface area contributed by atoms with E-state index in [9.17, 15) is 4.79 Å². The molecule has 162 valence electrons. The largest absolute Gasteiger partial charge is 0.453 e. The molecule has 1 aromatic rings. The predicted octanol–water partition coefficient (Wildman–Crippen LogP) is 2.83. The summed E-state index contributed by atoms with van der Waals surface area (Å²) in [7, 11) is 1.34. The van der Waals surface area contributed by atoms with Crippen LogP contribution in [0.2, 0.25) is 0 Å². The Morgan fingerprint density at radius 2 is 2.00 bits per heavy atom. The number of methoxy groups -OCH3 is 1. The number of anilines is 1. The van der Waals surface area contributed by atoms with Gasteiger partial charge in [0.15, 0.2) is 5.96 Å². The van der Waals surface area contributed by atoms with Gasteiger partial charge in [-0.2, -0.15) is 0 Å². The van der Waals surface area contributed by atoms with Crippen LogP contribution in [0, 0.1) is 0 Å². The smallest absolute Gasteiger partial charge is 0.411 e. The lowest BCUT2D eigenvalue weighted by Gasteiger charge is -2.37. The van der Waals surface area contributed by atoms with Crippen LogP contribution in [0.3, 0.4) is 0 Å². The van der Waals surface area contributed by atoms with E-state index in [-0.39, 0.29) is 36.2 Å². The lowest BCUT2D eigenvalue weighted by molar-refractivity contribution is -0.0817. The number of carbonyl (C=O) groups excluding carboxylic acids is 1. The van der Waals surface area contributed by atoms with Crippen LogP contribution in [0.4, 0.5) is 10.5 Å². The number of aliphatic imine (C=N–C) groups is 1. The minimum Gasteiger partial charge on any atom is -0.453 e. The zero-order chi connectivity index (χ0) is 19.8. The Morgan fingerprint density at radius 3 is 2.66 bits per heavy atom. The molecule has 2 saturated heterocycles. The summed E-state index contributed by atoms with van der Waals surface area (Å²) in [6, 6.07) is 7.59. The van der Waals surface area contributed by atoms with Crippen molar-refractivity contribution in [3.63, 3.8) is 0 Å². The van der Waals surface area contributed by atoms with Gasteiger partial charge >= 0.3 is 6.09 Å². The third-order valence-electron chi connectivity index (χ3n) is 4.90. The van der Waals surface area contributed by atoms with Gasteiger partial charge in [-0.15, -0.1) is 24.0 Å². The molecule has 2 N–H and O–H groups in total. The van der Waals surface area contributed by atoms with Gasteiger partial charge in [0, 0.05) is 31.9 Å². The molecule has 0 radical (unpaired) electrons. The van der Waals surface area contributed by atoms with E-state index in [1.807, 2.05) is 24.3 Å². The molecule has 0 saturated carbocycles. The molecule has 2 atom stereocenters. The highest BCUT2D eigenvalue weighted by atomic mass is 127. The van der Waals surface area contributed by atoms with Gasteiger partial charge in [-0.25, -0.2) is 9.79 Å². The number of nitrogens with one attached hydrogen (secondary N) is 2. The fourth-order valence-electron chi connectivity index (χ4n) is 3.44. The quantitative estimate of drug-likeness (QED) is 0.355. The van der Waals surface area contributed by atoms with Crippen LogP contribution in [0.1, 0.15) is 25.3 Å². The summed E-state index contributed by atoms with van der Waals surface area (Å²) in [5, 5.41) is 6.03. The average molecular weight is 518 g/mol. The van der Waals surface area contributed by atoms with Gasteiger partial charge in [-0.1, -0.05) is 12.1 Å². The third kappa shape index (κ3) is 7.00. The van der Waals surface area contributed by atoms with Crippen LogP contribution in [-0.4, -0.2) is 69.1 Å². The number of hydrogen-bond donors (Lipinski definition) is 2. The number of guanidine groups is 1. The number of nitrogens with zero attached hydrogens (tertiary/aromatic N) is 2. The Hall–Kier alpha value is -1.59. The van der Waals surface area contributed by atoms with Crippen LogP contribution in [0.25, 0.3) is 0 Å². The Balaban J connectivity index is 0.00000300. The van der Waals surface area contributed by atoms with Crippen molar-refractivity contribution < 1.29 is 19.0 Å². The van der Waals surface area contributed by atoms with Crippen molar-refractivity contribution in [2.24, 2.45) is 4.99 Å². The summed E-state index contributed by atoms with van der Waals surface area (Å²) in [5.74, 6) is 0.894. The van der Waals surface area contributed by atoms with Crippen molar-refractivity contribution in [2.45, 2.75) is 38.5 Å². The Kier molecular flexibility index (Phi) is 9.95. The number of halogens is 1. The normalized spacial score (nSPS) is 22.0. The van der Waals surface area contributed by atoms with E-state index in [1.54, 1.807) is 0 Å². The first kappa shape index (κ1) is 23.7. The van der Waals surface area contributed by atoms with E-state index in [4.69, 9.17) is 14.5 Å². The molecule has 2 aliphatic rings. The number of carbonyl (C=O) groups is 1. The SMILES string of the molecule is CCNC(=NCc1ccc(NC(=O)OC)cc1)N1CCOC(C2CCCO2)C1.I. The molecule has 1 aromatic carbocycles. The summed E-state index contributed by atoms with van der Waals surface area (Å²) in [4.78, 5) is 18.3. The fourth-order valence-corrected chi connectivity index (χ4v) is 3.44. The fraction of sp³-hybridized carbons (Fsp3) is 0.600. The van der Waals surface area contributed by atoms with Crippen molar-refractivity contribution in [1.29, 1.82) is 0 Å². The zero-order valence-electron chi connectivity index (χ0n) is 17.1. The maximum absolute atomic E-state index is 11.3. The van der Waals surface area contributed by atoms with Gasteiger partial charge in [0.25, 0.3) is 0 Å². The minimum atomic E-state index is -0.478. The van der Waals surface area contributed by atoms with Crippen LogP contribution < -0.4 is 10.6 Å². The number of amides is 1. The summed E-state index contributed by atoms with van der Waals surface area (Å²) < 4.78 is 16.3. The molecule has 2 heterocycles. The van der Waals surface area contributed by atoms with E-state index in [0.717, 1.165) is 50.6 Å². The third-order valence-corrected chi connectivity index (χ3v) is 4.90. The number of morpholine rings is 1. The van der Waals surface area contributed by atoms with Gasteiger partial charge in [-0.05, 0) is 37.5 Å². The number of rotatable bonds is 5. The molecule has 0 aromatic heterocycles. The first-order chi connectivity index (χ1) is 13.7. The Morgan fingerprint density at radius 1 is 1.24 bits per heavy atom. The molecule has 0 bridgehead atoms. The standard InChI is InChI=1S/C20H30N4O4.HI/c1-3-21-19(24-10-12-28-18(14-24)17-5-4-11-27-17)22-13-15-6-8-16(9-7-15)23-20(25)26-2;/h6-9,17-18H,3-5,10-14H2,1-2H3,(H,21,22)(H,23,25);1H. The van der Waals surface area contributed by atoms with Crippen molar-refractivity contribution >= 4 is 41.7 Å². The predicted molar refractivity (Wildman–Crippen MR) is 123 cm³/mol. The summed E-state index contributed by atoms with van der Waals surface area (Å²) in [6.07, 6.45) is 2.00. The van der Waals surface area contributed by atoms with E-state index in [1.165, 1.54) is 7.11 Å². The molecule has 9 heteroatoms. The van der Waals surface area contributed by atoms with Crippen LogP contribution in [-0.2, 0) is 20.8 Å². The Labute approximate surface area is 189 Å². The number of benzene rings is 1. The molecule has 2 unspecified atom stereocenters.